The first-order chi connectivity index (χ1) is 16.8. The molecule has 4 aromatic carbocycles. The summed E-state index contributed by atoms with van der Waals surface area (Å²) in [5.41, 5.74) is 10.7. The van der Waals surface area contributed by atoms with Gasteiger partial charge >= 0.3 is 217 Å². The summed E-state index contributed by atoms with van der Waals surface area (Å²) in [6.45, 7) is 0. The molecule has 0 radical (unpaired) electrons. The van der Waals surface area contributed by atoms with Gasteiger partial charge in [0.2, 0.25) is 0 Å². The van der Waals surface area contributed by atoms with Crippen molar-refractivity contribution in [1.29, 1.82) is 0 Å². The van der Waals surface area contributed by atoms with E-state index in [0.29, 0.717) is 0 Å². The summed E-state index contributed by atoms with van der Waals surface area (Å²) < 4.78 is 1.44. The van der Waals surface area contributed by atoms with Crippen molar-refractivity contribution < 1.29 is 49.5 Å². The summed E-state index contributed by atoms with van der Waals surface area (Å²) in [4.78, 5) is 0. The maximum absolute atomic E-state index is 2.31. The molecule has 0 bridgehead atoms. The van der Waals surface area contributed by atoms with E-state index in [1.807, 2.05) is 0 Å². The van der Waals surface area contributed by atoms with Crippen molar-refractivity contribution in [3.8, 4) is 0 Å². The van der Waals surface area contributed by atoms with Gasteiger partial charge in [0.05, 0.1) is 0 Å². The van der Waals surface area contributed by atoms with E-state index in [2.05, 4.69) is 127 Å². The van der Waals surface area contributed by atoms with E-state index in [4.69, 9.17) is 0 Å². The molecule has 0 saturated heterocycles. The first kappa shape index (κ1) is 26.4. The van der Waals surface area contributed by atoms with Crippen LogP contribution < -0.4 is 35.3 Å². The second-order valence-electron chi connectivity index (χ2n) is 8.65. The molecule has 36 heavy (non-hydrogen) atoms. The fourth-order valence-electron chi connectivity index (χ4n) is 5.16. The van der Waals surface area contributed by atoms with E-state index in [0.717, 1.165) is 6.42 Å². The molecule has 0 atom stereocenters. The number of benzene rings is 4. The van der Waals surface area contributed by atoms with Crippen molar-refractivity contribution in [3.63, 3.8) is 0 Å². The quantitative estimate of drug-likeness (QED) is 0.328. The summed E-state index contributed by atoms with van der Waals surface area (Å²) in [6, 6.07) is 39.5. The van der Waals surface area contributed by atoms with Crippen LogP contribution in [-0.2, 0) is 24.7 Å². The number of halogens is 2. The third-order valence-corrected chi connectivity index (χ3v) is 7.91. The van der Waals surface area contributed by atoms with Crippen molar-refractivity contribution in [2.75, 3.05) is 0 Å². The van der Waals surface area contributed by atoms with Gasteiger partial charge in [-0.1, -0.05) is 0 Å². The van der Waals surface area contributed by atoms with Crippen molar-refractivity contribution >= 4 is 20.0 Å². The van der Waals surface area contributed by atoms with Gasteiger partial charge < -0.3 is 24.8 Å². The molecule has 0 aliphatic heterocycles. The van der Waals surface area contributed by atoms with Gasteiger partial charge in [0.1, 0.15) is 0 Å². The zero-order valence-electron chi connectivity index (χ0n) is 19.6. The number of hydrogen-bond donors (Lipinski definition) is 0. The van der Waals surface area contributed by atoms with Crippen molar-refractivity contribution in [3.05, 3.63) is 166 Å². The van der Waals surface area contributed by atoms with E-state index in [1.165, 1.54) is 83.0 Å². The summed E-state index contributed by atoms with van der Waals surface area (Å²) in [7, 11) is 0. The van der Waals surface area contributed by atoms with Gasteiger partial charge in [-0.05, 0) is 0 Å². The molecule has 173 valence electrons. The van der Waals surface area contributed by atoms with Crippen LogP contribution in [-0.4, -0.2) is 0 Å². The second-order valence-corrected chi connectivity index (χ2v) is 9.88. The van der Waals surface area contributed by atoms with Crippen LogP contribution >= 0.6 is 0 Å². The Morgan fingerprint density at radius 3 is 1.75 bits per heavy atom. The molecule has 0 aromatic heterocycles. The predicted molar refractivity (Wildman–Crippen MR) is 139 cm³/mol. The molecular formula is C33H23Cl2Zr. The van der Waals surface area contributed by atoms with E-state index in [1.54, 1.807) is 0 Å². The van der Waals surface area contributed by atoms with E-state index >= 15 is 0 Å². The van der Waals surface area contributed by atoms with Gasteiger partial charge in [-0.3, -0.25) is 0 Å². The molecule has 0 unspecified atom stereocenters. The van der Waals surface area contributed by atoms with Gasteiger partial charge in [-0.25, -0.2) is 0 Å². The molecule has 6 rings (SSSR count). The van der Waals surface area contributed by atoms with Gasteiger partial charge in [-0.15, -0.1) is 0 Å². The van der Waals surface area contributed by atoms with Crippen molar-refractivity contribution in [1.82, 2.24) is 0 Å². The molecule has 0 amide bonds. The zero-order chi connectivity index (χ0) is 22.9. The molecule has 0 N–H and O–H groups in total. The van der Waals surface area contributed by atoms with E-state index in [9.17, 15) is 0 Å². The summed E-state index contributed by atoms with van der Waals surface area (Å²) in [6.07, 6.45) is 7.76. The Hall–Kier alpha value is -2.70. The van der Waals surface area contributed by atoms with Crippen LogP contribution in [0, 0.1) is 0 Å². The first-order valence-corrected chi connectivity index (χ1v) is 12.9. The first-order valence-electron chi connectivity index (χ1n) is 11.7. The Bertz CT molecular complexity index is 1560. The Labute approximate surface area is 240 Å². The number of rotatable bonds is 4. The third-order valence-electron chi connectivity index (χ3n) is 6.63. The monoisotopic (exact) mass is 579 g/mol. The molecule has 0 fully saturated rings. The molecule has 0 heterocycles. The van der Waals surface area contributed by atoms with Crippen LogP contribution in [0.2, 0.25) is 0 Å². The average molecular weight is 582 g/mol. The summed E-state index contributed by atoms with van der Waals surface area (Å²) >= 11 is 1.45. The molecule has 3 heteroatoms. The Kier molecular flexibility index (Phi) is 8.48. The molecule has 0 saturated carbocycles. The van der Waals surface area contributed by atoms with Gasteiger partial charge in [-0.2, -0.15) is 0 Å². The fourth-order valence-corrected chi connectivity index (χ4v) is 6.33. The Morgan fingerprint density at radius 2 is 1.19 bits per heavy atom. The number of hydrogen-bond acceptors (Lipinski definition) is 0. The van der Waals surface area contributed by atoms with Gasteiger partial charge in [0.15, 0.2) is 0 Å². The average Bonchev–Trinajstić information content (AvgIpc) is 3.53. The standard InChI is InChI=1S/C33H23.2ClH.Zr/c1-4-13-24(14-5-1)30-23-28-21-12-22-29(33(28)32(30)27-19-10-11-20-27)31(25-15-6-2-7-16-25)26-17-8-3-9-18-26;;;/h1-19,21-22H,20H2;2*1H;/q;;;+2/p-2. The molecule has 0 nitrogen and oxygen atoms in total. The Balaban J connectivity index is 0.00000152. The fraction of sp³-hybridized carbons (Fsp3) is 0.0303. The van der Waals surface area contributed by atoms with E-state index < -0.39 is 0 Å². The molecule has 4 aromatic rings. The number of allylic oxidation sites excluding steroid dienone is 5. The van der Waals surface area contributed by atoms with Gasteiger partial charge in [0.25, 0.3) is 0 Å². The Morgan fingerprint density at radius 1 is 0.611 bits per heavy atom. The predicted octanol–water partition coefficient (Wildman–Crippen LogP) is 0.408. The minimum atomic E-state index is 0. The van der Waals surface area contributed by atoms with Gasteiger partial charge in [0, 0.05) is 0 Å². The molecule has 2 aliphatic carbocycles. The van der Waals surface area contributed by atoms with Crippen LogP contribution in [0.15, 0.2) is 133 Å². The number of fused-ring (bicyclic) bond motifs is 1. The molecule has 2 aliphatic rings. The van der Waals surface area contributed by atoms with Crippen LogP contribution in [0.4, 0.5) is 0 Å². The topological polar surface area (TPSA) is 0 Å². The SMILES string of the molecule is [Cl-].[Cl-].[Zr+2][C]1=C(c2ccccc2)C(C2=CC=CC2)=c2c1cccc2=C(c1ccccc1)c1ccccc1. The van der Waals surface area contributed by atoms with E-state index in [-0.39, 0.29) is 24.8 Å². The summed E-state index contributed by atoms with van der Waals surface area (Å²) in [5.74, 6) is 0. The normalized spacial score (nSPS) is 13.6. The zero-order valence-corrected chi connectivity index (χ0v) is 23.6. The van der Waals surface area contributed by atoms with Crippen molar-refractivity contribution in [2.45, 2.75) is 6.42 Å². The summed E-state index contributed by atoms with van der Waals surface area (Å²) in [5, 5.41) is 2.69. The minimum absolute atomic E-state index is 0. The second kappa shape index (κ2) is 11.6. The molecular weight excluding hydrogens is 558 g/mol. The van der Waals surface area contributed by atoms with Crippen LogP contribution in [0.3, 0.4) is 0 Å². The molecule has 0 spiro atoms. The maximum atomic E-state index is 2.31. The third kappa shape index (κ3) is 4.69. The van der Waals surface area contributed by atoms with Crippen molar-refractivity contribution in [2.24, 2.45) is 0 Å². The van der Waals surface area contributed by atoms with Crippen LogP contribution in [0.1, 0.15) is 28.7 Å². The van der Waals surface area contributed by atoms with Crippen LogP contribution in [0.25, 0.3) is 20.0 Å². The van der Waals surface area contributed by atoms with Crippen LogP contribution in [0.5, 0.6) is 0 Å².